The lowest BCUT2D eigenvalue weighted by Crippen LogP contribution is -2.37. The number of nitrogens with zero attached hydrogens (tertiary/aromatic N) is 2. The van der Waals surface area contributed by atoms with Gasteiger partial charge in [0, 0.05) is 31.9 Å². The van der Waals surface area contributed by atoms with Crippen LogP contribution in [0.25, 0.3) is 0 Å². The Morgan fingerprint density at radius 2 is 1.90 bits per heavy atom. The molecule has 0 amide bonds. The highest BCUT2D eigenvalue weighted by atomic mass is 15.2. The topological polar surface area (TPSA) is 32.5 Å². The number of benzene rings is 1. The molecule has 3 nitrogen and oxygen atoms in total. The van der Waals surface area contributed by atoms with Crippen molar-refractivity contribution in [2.24, 2.45) is 5.73 Å². The zero-order valence-electron chi connectivity index (χ0n) is 12.6. The fourth-order valence-corrected chi connectivity index (χ4v) is 3.74. The van der Waals surface area contributed by atoms with Crippen LogP contribution in [-0.2, 0) is 6.42 Å². The Kier molecular flexibility index (Phi) is 4.27. The fraction of sp³-hybridized carbons (Fsp3) is 0.647. The van der Waals surface area contributed by atoms with Crippen LogP contribution in [0.15, 0.2) is 18.2 Å². The number of piperidine rings is 1. The minimum absolute atomic E-state index is 0.410. The molecule has 0 spiro atoms. The smallest absolute Gasteiger partial charge is 0.0470 e. The molecule has 2 heterocycles. The van der Waals surface area contributed by atoms with Crippen molar-refractivity contribution in [3.8, 4) is 0 Å². The van der Waals surface area contributed by atoms with Gasteiger partial charge in [0.2, 0.25) is 0 Å². The highest BCUT2D eigenvalue weighted by molar-refractivity contribution is 5.56. The number of rotatable bonds is 3. The summed E-state index contributed by atoms with van der Waals surface area (Å²) in [7, 11) is 2.20. The van der Waals surface area contributed by atoms with Crippen molar-refractivity contribution in [3.63, 3.8) is 0 Å². The van der Waals surface area contributed by atoms with E-state index in [1.54, 1.807) is 0 Å². The zero-order chi connectivity index (χ0) is 13.9. The Balaban J connectivity index is 1.84. The van der Waals surface area contributed by atoms with Gasteiger partial charge in [0.1, 0.15) is 0 Å². The molecule has 1 aromatic carbocycles. The minimum Gasteiger partial charge on any atom is -0.374 e. The van der Waals surface area contributed by atoms with Gasteiger partial charge in [0.25, 0.3) is 0 Å². The maximum absolute atomic E-state index is 6.09. The molecular formula is C17H27N3. The molecule has 0 saturated carbocycles. The number of anilines is 1. The van der Waals surface area contributed by atoms with Gasteiger partial charge in [-0.15, -0.1) is 0 Å². The quantitative estimate of drug-likeness (QED) is 0.918. The van der Waals surface area contributed by atoms with E-state index in [1.165, 1.54) is 68.6 Å². The Labute approximate surface area is 122 Å². The standard InChI is InChI=1S/C17H27N3/c1-19-9-5-6-14-12-15(7-8-16(14)19)17(13-18)20-10-3-2-4-11-20/h7-8,12,17H,2-6,9-11,13,18H2,1H3/t17-/m0/s1. The summed E-state index contributed by atoms with van der Waals surface area (Å²) in [6.45, 7) is 4.32. The third-order valence-corrected chi connectivity index (χ3v) is 4.89. The Hall–Kier alpha value is -1.06. The molecular weight excluding hydrogens is 246 g/mol. The van der Waals surface area contributed by atoms with Crippen LogP contribution >= 0.6 is 0 Å². The van der Waals surface area contributed by atoms with E-state index >= 15 is 0 Å². The van der Waals surface area contributed by atoms with Gasteiger partial charge >= 0.3 is 0 Å². The van der Waals surface area contributed by atoms with Crippen LogP contribution in [0.5, 0.6) is 0 Å². The highest BCUT2D eigenvalue weighted by Crippen LogP contribution is 2.31. The monoisotopic (exact) mass is 273 g/mol. The number of fused-ring (bicyclic) bond motifs is 1. The van der Waals surface area contributed by atoms with Gasteiger partial charge in [0.05, 0.1) is 0 Å². The second-order valence-electron chi connectivity index (χ2n) is 6.26. The van der Waals surface area contributed by atoms with Crippen molar-refractivity contribution in [2.45, 2.75) is 38.1 Å². The molecule has 0 aliphatic carbocycles. The van der Waals surface area contributed by atoms with Crippen molar-refractivity contribution in [3.05, 3.63) is 29.3 Å². The highest BCUT2D eigenvalue weighted by Gasteiger charge is 2.22. The third-order valence-electron chi connectivity index (χ3n) is 4.89. The summed E-state index contributed by atoms with van der Waals surface area (Å²) in [4.78, 5) is 4.96. The first kappa shape index (κ1) is 13.9. The van der Waals surface area contributed by atoms with Gasteiger partial charge < -0.3 is 10.6 Å². The van der Waals surface area contributed by atoms with Crippen molar-refractivity contribution < 1.29 is 0 Å². The van der Waals surface area contributed by atoms with Gasteiger partial charge in [0.15, 0.2) is 0 Å². The second kappa shape index (κ2) is 6.15. The van der Waals surface area contributed by atoms with Gasteiger partial charge in [-0.1, -0.05) is 18.6 Å². The summed E-state index contributed by atoms with van der Waals surface area (Å²) in [5.41, 5.74) is 10.4. The van der Waals surface area contributed by atoms with Crippen molar-refractivity contribution >= 4 is 5.69 Å². The largest absolute Gasteiger partial charge is 0.374 e. The second-order valence-corrected chi connectivity index (χ2v) is 6.26. The molecule has 1 fully saturated rings. The van der Waals surface area contributed by atoms with Crippen molar-refractivity contribution in [2.75, 3.05) is 38.1 Å². The first-order valence-electron chi connectivity index (χ1n) is 8.07. The lowest BCUT2D eigenvalue weighted by Gasteiger charge is -2.35. The van der Waals surface area contributed by atoms with E-state index in [9.17, 15) is 0 Å². The van der Waals surface area contributed by atoms with Crippen LogP contribution in [0.2, 0.25) is 0 Å². The molecule has 2 aliphatic rings. The molecule has 110 valence electrons. The van der Waals surface area contributed by atoms with Crippen LogP contribution in [-0.4, -0.2) is 38.1 Å². The maximum Gasteiger partial charge on any atom is 0.0470 e. The lowest BCUT2D eigenvalue weighted by molar-refractivity contribution is 0.167. The van der Waals surface area contributed by atoms with Crippen LogP contribution in [0.1, 0.15) is 42.9 Å². The summed E-state index contributed by atoms with van der Waals surface area (Å²) in [6.07, 6.45) is 6.51. The molecule has 1 saturated heterocycles. The summed E-state index contributed by atoms with van der Waals surface area (Å²) in [6, 6.07) is 7.42. The SMILES string of the molecule is CN1CCCc2cc([C@H](CN)N3CCCCC3)ccc21. The van der Waals surface area contributed by atoms with Crippen LogP contribution in [0.3, 0.4) is 0 Å². The van der Waals surface area contributed by atoms with Crippen molar-refractivity contribution in [1.29, 1.82) is 0 Å². The Bertz CT molecular complexity index is 452. The van der Waals surface area contributed by atoms with Gasteiger partial charge in [-0.2, -0.15) is 0 Å². The molecule has 1 atom stereocenters. The third kappa shape index (κ3) is 2.70. The summed E-state index contributed by atoms with van der Waals surface area (Å²) in [5.74, 6) is 0. The fourth-order valence-electron chi connectivity index (χ4n) is 3.74. The summed E-state index contributed by atoms with van der Waals surface area (Å²) >= 11 is 0. The van der Waals surface area contributed by atoms with E-state index in [4.69, 9.17) is 5.73 Å². The molecule has 20 heavy (non-hydrogen) atoms. The van der Waals surface area contributed by atoms with E-state index in [0.717, 1.165) is 6.54 Å². The predicted molar refractivity (Wildman–Crippen MR) is 85.3 cm³/mol. The van der Waals surface area contributed by atoms with Crippen LogP contribution in [0, 0.1) is 0 Å². The molecule has 0 radical (unpaired) electrons. The van der Waals surface area contributed by atoms with Gasteiger partial charge in [-0.05, 0) is 56.0 Å². The van der Waals surface area contributed by atoms with E-state index in [-0.39, 0.29) is 0 Å². The average Bonchev–Trinajstić information content (AvgIpc) is 2.49. The number of aryl methyl sites for hydroxylation is 1. The number of hydrogen-bond donors (Lipinski definition) is 1. The van der Waals surface area contributed by atoms with Gasteiger partial charge in [-0.3, -0.25) is 4.90 Å². The summed E-state index contributed by atoms with van der Waals surface area (Å²) < 4.78 is 0. The van der Waals surface area contributed by atoms with Crippen molar-refractivity contribution in [1.82, 2.24) is 4.90 Å². The predicted octanol–water partition coefficient (Wildman–Crippen LogP) is 2.55. The minimum atomic E-state index is 0.410. The number of hydrogen-bond acceptors (Lipinski definition) is 3. The molecule has 0 aromatic heterocycles. The maximum atomic E-state index is 6.09. The Morgan fingerprint density at radius 3 is 2.65 bits per heavy atom. The number of nitrogens with two attached hydrogens (primary N) is 1. The molecule has 1 aromatic rings. The molecule has 2 N–H and O–H groups in total. The molecule has 0 unspecified atom stereocenters. The normalized spacial score (nSPS) is 21.6. The average molecular weight is 273 g/mol. The zero-order valence-corrected chi connectivity index (χ0v) is 12.6. The first-order chi connectivity index (χ1) is 9.79. The molecule has 0 bridgehead atoms. The summed E-state index contributed by atoms with van der Waals surface area (Å²) in [5, 5.41) is 0. The van der Waals surface area contributed by atoms with E-state index in [0.29, 0.717) is 6.04 Å². The van der Waals surface area contributed by atoms with E-state index in [2.05, 4.69) is 35.0 Å². The van der Waals surface area contributed by atoms with Gasteiger partial charge in [-0.25, -0.2) is 0 Å². The van der Waals surface area contributed by atoms with E-state index in [1.807, 2.05) is 0 Å². The lowest BCUT2D eigenvalue weighted by atomic mass is 9.95. The van der Waals surface area contributed by atoms with E-state index < -0.39 is 0 Å². The van der Waals surface area contributed by atoms with Crippen LogP contribution in [0.4, 0.5) is 5.69 Å². The Morgan fingerprint density at radius 1 is 1.10 bits per heavy atom. The van der Waals surface area contributed by atoms with Crippen LogP contribution < -0.4 is 10.6 Å². The number of likely N-dealkylation sites (tertiary alicyclic amines) is 1. The molecule has 3 heteroatoms. The molecule has 3 rings (SSSR count). The first-order valence-corrected chi connectivity index (χ1v) is 8.07. The molecule has 2 aliphatic heterocycles.